The van der Waals surface area contributed by atoms with Gasteiger partial charge < -0.3 is 0 Å². The molecule has 0 amide bonds. The Bertz CT molecular complexity index is 361. The molecule has 58 valence electrons. The molecule has 12 heavy (non-hydrogen) atoms. The lowest BCUT2D eigenvalue weighted by molar-refractivity contribution is 1.60. The van der Waals surface area contributed by atoms with Crippen LogP contribution in [0.5, 0.6) is 0 Å². The summed E-state index contributed by atoms with van der Waals surface area (Å²) in [4.78, 5) is 0. The number of rotatable bonds is 0. The Kier molecular flexibility index (Phi) is 3.33. The van der Waals surface area contributed by atoms with E-state index in [1.165, 1.54) is 0 Å². The molecule has 0 spiro atoms. The lowest BCUT2D eigenvalue weighted by Gasteiger charge is -1.90. The molecule has 0 aliphatic carbocycles. The summed E-state index contributed by atoms with van der Waals surface area (Å²) < 4.78 is 0. The molecule has 1 aromatic carbocycles. The van der Waals surface area contributed by atoms with Crippen LogP contribution in [0.2, 0.25) is 0 Å². The Morgan fingerprint density at radius 3 is 2.75 bits per heavy atom. The fraction of sp³-hybridized carbons (Fsp3) is 0.0909. The summed E-state index contributed by atoms with van der Waals surface area (Å²) in [5.74, 6) is 8.94. The summed E-state index contributed by atoms with van der Waals surface area (Å²) in [6, 6.07) is 7.59. The molecule has 0 bridgehead atoms. The van der Waals surface area contributed by atoms with Crippen molar-refractivity contribution in [1.29, 1.82) is 0 Å². The summed E-state index contributed by atoms with van der Waals surface area (Å²) in [6.45, 7) is 0. The Balaban J connectivity index is 2.96. The predicted molar refractivity (Wildman–Crippen MR) is 55.1 cm³/mol. The lowest BCUT2D eigenvalue weighted by Crippen LogP contribution is -1.77. The molecule has 1 rings (SSSR count). The van der Waals surface area contributed by atoms with Crippen molar-refractivity contribution in [3.63, 3.8) is 0 Å². The van der Waals surface area contributed by atoms with Gasteiger partial charge in [0.05, 0.1) is 5.75 Å². The van der Waals surface area contributed by atoms with E-state index in [-0.39, 0.29) is 0 Å². The van der Waals surface area contributed by atoms with E-state index in [4.69, 9.17) is 6.42 Å². The maximum atomic E-state index is 5.23. The fourth-order valence-electron chi connectivity index (χ4n) is 0.828. The van der Waals surface area contributed by atoms with Gasteiger partial charge in [-0.2, -0.15) is 12.6 Å². The van der Waals surface area contributed by atoms with Crippen LogP contribution in [-0.2, 0) is 0 Å². The molecule has 0 nitrogen and oxygen atoms in total. The topological polar surface area (TPSA) is 0 Å². The van der Waals surface area contributed by atoms with Crippen LogP contribution in [0.3, 0.4) is 0 Å². The normalized spacial score (nSPS) is 8.00. The highest BCUT2D eigenvalue weighted by molar-refractivity contribution is 7.80. The van der Waals surface area contributed by atoms with Gasteiger partial charge in [-0.3, -0.25) is 0 Å². The first kappa shape index (κ1) is 8.78. The lowest BCUT2D eigenvalue weighted by atomic mass is 10.1. The van der Waals surface area contributed by atoms with Crippen LogP contribution >= 0.6 is 12.6 Å². The minimum Gasteiger partial charge on any atom is -0.166 e. The van der Waals surface area contributed by atoms with Crippen molar-refractivity contribution in [3.8, 4) is 24.2 Å². The molecule has 0 aliphatic rings. The smallest absolute Gasteiger partial charge is 0.0521 e. The van der Waals surface area contributed by atoms with E-state index < -0.39 is 0 Å². The van der Waals surface area contributed by atoms with Crippen LogP contribution in [0.25, 0.3) is 0 Å². The fourth-order valence-corrected chi connectivity index (χ4v) is 0.907. The van der Waals surface area contributed by atoms with Crippen LogP contribution in [0.4, 0.5) is 0 Å². The van der Waals surface area contributed by atoms with E-state index in [9.17, 15) is 0 Å². The molecular formula is C11H8S. The number of hydrogen-bond acceptors (Lipinski definition) is 1. The quantitative estimate of drug-likeness (QED) is 0.449. The Morgan fingerprint density at radius 1 is 1.33 bits per heavy atom. The SMILES string of the molecule is C#Cc1cccc(C#CCS)c1. The minimum atomic E-state index is 0.570. The Morgan fingerprint density at radius 2 is 2.08 bits per heavy atom. The molecule has 0 fully saturated rings. The Hall–Kier alpha value is -1.31. The van der Waals surface area contributed by atoms with Gasteiger partial charge in [0, 0.05) is 11.1 Å². The van der Waals surface area contributed by atoms with E-state index in [1.54, 1.807) is 0 Å². The molecule has 0 unspecified atom stereocenters. The van der Waals surface area contributed by atoms with Crippen LogP contribution in [0.1, 0.15) is 11.1 Å². The monoisotopic (exact) mass is 172 g/mol. The largest absolute Gasteiger partial charge is 0.166 e. The third-order valence-corrected chi connectivity index (χ3v) is 1.50. The van der Waals surface area contributed by atoms with Crippen molar-refractivity contribution in [2.45, 2.75) is 0 Å². The maximum Gasteiger partial charge on any atom is 0.0521 e. The summed E-state index contributed by atoms with van der Waals surface area (Å²) in [5, 5.41) is 0. The van der Waals surface area contributed by atoms with E-state index >= 15 is 0 Å². The molecule has 0 aliphatic heterocycles. The van der Waals surface area contributed by atoms with Crippen LogP contribution in [0.15, 0.2) is 24.3 Å². The van der Waals surface area contributed by atoms with Crippen molar-refractivity contribution < 1.29 is 0 Å². The van der Waals surface area contributed by atoms with Gasteiger partial charge in [0.1, 0.15) is 0 Å². The third kappa shape index (κ3) is 2.38. The molecular weight excluding hydrogens is 164 g/mol. The summed E-state index contributed by atoms with van der Waals surface area (Å²) in [5.41, 5.74) is 1.81. The van der Waals surface area contributed by atoms with E-state index in [1.807, 2.05) is 24.3 Å². The van der Waals surface area contributed by atoms with Gasteiger partial charge in [-0.25, -0.2) is 0 Å². The van der Waals surface area contributed by atoms with E-state index in [0.717, 1.165) is 11.1 Å². The number of benzene rings is 1. The second kappa shape index (κ2) is 4.54. The average Bonchev–Trinajstić information content (AvgIpc) is 2.15. The van der Waals surface area contributed by atoms with Gasteiger partial charge in [0.15, 0.2) is 0 Å². The first-order valence-corrected chi connectivity index (χ1v) is 4.16. The maximum absolute atomic E-state index is 5.23. The minimum absolute atomic E-state index is 0.570. The first-order chi connectivity index (χ1) is 5.86. The van der Waals surface area contributed by atoms with Crippen LogP contribution in [0, 0.1) is 24.2 Å². The zero-order chi connectivity index (χ0) is 8.81. The van der Waals surface area contributed by atoms with Crippen LogP contribution < -0.4 is 0 Å². The summed E-state index contributed by atoms with van der Waals surface area (Å²) in [7, 11) is 0. The standard InChI is InChI=1S/C11H8S/c1-2-10-5-3-6-11(9-10)7-4-8-12/h1,3,5-6,9,12H,8H2. The Labute approximate surface area is 78.4 Å². The number of terminal acetylenes is 1. The molecule has 0 aromatic heterocycles. The zero-order valence-corrected chi connectivity index (χ0v) is 7.44. The van der Waals surface area contributed by atoms with Gasteiger partial charge in [-0.05, 0) is 18.2 Å². The zero-order valence-electron chi connectivity index (χ0n) is 6.54. The number of hydrogen-bond donors (Lipinski definition) is 1. The van der Waals surface area contributed by atoms with Gasteiger partial charge in [0.25, 0.3) is 0 Å². The highest BCUT2D eigenvalue weighted by atomic mass is 32.1. The van der Waals surface area contributed by atoms with E-state index in [0.29, 0.717) is 5.75 Å². The highest BCUT2D eigenvalue weighted by Gasteiger charge is 1.87. The van der Waals surface area contributed by atoms with Crippen molar-refractivity contribution in [2.75, 3.05) is 5.75 Å². The van der Waals surface area contributed by atoms with Crippen molar-refractivity contribution in [2.24, 2.45) is 0 Å². The van der Waals surface area contributed by atoms with Gasteiger partial charge in [0.2, 0.25) is 0 Å². The second-order valence-corrected chi connectivity index (χ2v) is 2.50. The van der Waals surface area contributed by atoms with Gasteiger partial charge in [-0.15, -0.1) is 6.42 Å². The summed E-state index contributed by atoms with van der Waals surface area (Å²) >= 11 is 3.99. The average molecular weight is 172 g/mol. The molecule has 0 saturated carbocycles. The number of thiol groups is 1. The molecule has 1 aromatic rings. The second-order valence-electron chi connectivity index (χ2n) is 2.19. The van der Waals surface area contributed by atoms with Gasteiger partial charge >= 0.3 is 0 Å². The molecule has 0 radical (unpaired) electrons. The van der Waals surface area contributed by atoms with Crippen LogP contribution in [-0.4, -0.2) is 5.75 Å². The van der Waals surface area contributed by atoms with Crippen molar-refractivity contribution in [1.82, 2.24) is 0 Å². The summed E-state index contributed by atoms with van der Waals surface area (Å²) in [6.07, 6.45) is 5.23. The van der Waals surface area contributed by atoms with Crippen molar-refractivity contribution in [3.05, 3.63) is 35.4 Å². The molecule has 1 heteroatoms. The van der Waals surface area contributed by atoms with Crippen molar-refractivity contribution >= 4 is 12.6 Å². The van der Waals surface area contributed by atoms with E-state index in [2.05, 4.69) is 30.4 Å². The highest BCUT2D eigenvalue weighted by Crippen LogP contribution is 2.01. The third-order valence-electron chi connectivity index (χ3n) is 1.34. The molecule has 0 saturated heterocycles. The van der Waals surface area contributed by atoms with Gasteiger partial charge in [-0.1, -0.05) is 23.8 Å². The molecule has 0 N–H and O–H groups in total. The first-order valence-electron chi connectivity index (χ1n) is 3.53. The molecule has 0 heterocycles. The molecule has 0 atom stereocenters. The predicted octanol–water partition coefficient (Wildman–Crippen LogP) is 1.95.